The fourth-order valence-corrected chi connectivity index (χ4v) is 3.04. The highest BCUT2D eigenvalue weighted by Crippen LogP contribution is 2.17. The Labute approximate surface area is 139 Å². The van der Waals surface area contributed by atoms with Gasteiger partial charge in [-0.3, -0.25) is 9.48 Å². The monoisotopic (exact) mass is 322 g/mol. The van der Waals surface area contributed by atoms with Crippen molar-refractivity contribution in [2.75, 3.05) is 13.2 Å². The van der Waals surface area contributed by atoms with Gasteiger partial charge in [0.15, 0.2) is 0 Å². The number of aromatic nitrogens is 2. The zero-order chi connectivity index (χ0) is 16.8. The maximum atomic E-state index is 12.0. The first-order chi connectivity index (χ1) is 11.0. The summed E-state index contributed by atoms with van der Waals surface area (Å²) in [6.07, 6.45) is 4.46. The number of nitrogens with zero attached hydrogens (tertiary/aromatic N) is 2. The van der Waals surface area contributed by atoms with Gasteiger partial charge < -0.3 is 9.47 Å². The highest BCUT2D eigenvalue weighted by Gasteiger charge is 2.17. The van der Waals surface area contributed by atoms with E-state index < -0.39 is 0 Å². The molecule has 5 nitrogen and oxygen atoms in total. The fraction of sp³-hybridized carbons (Fsp3) is 0.778. The average Bonchev–Trinajstić information content (AvgIpc) is 2.77. The number of hydrogen-bond acceptors (Lipinski definition) is 4. The van der Waals surface area contributed by atoms with Gasteiger partial charge in [0.1, 0.15) is 6.61 Å². The van der Waals surface area contributed by atoms with Crippen LogP contribution in [0.15, 0.2) is 0 Å². The van der Waals surface area contributed by atoms with Crippen LogP contribution in [0.2, 0.25) is 0 Å². The predicted octanol–water partition coefficient (Wildman–Crippen LogP) is 3.20. The molecule has 0 aliphatic carbocycles. The predicted molar refractivity (Wildman–Crippen MR) is 89.4 cm³/mol. The average molecular weight is 322 g/mol. The minimum atomic E-state index is -0.144. The molecule has 1 atom stereocenters. The molecule has 1 aromatic rings. The van der Waals surface area contributed by atoms with Crippen molar-refractivity contribution in [3.05, 3.63) is 17.0 Å². The van der Waals surface area contributed by atoms with Gasteiger partial charge in [-0.05, 0) is 51.0 Å². The van der Waals surface area contributed by atoms with Crippen LogP contribution in [-0.2, 0) is 27.2 Å². The molecular formula is C18H30N2O3. The van der Waals surface area contributed by atoms with E-state index in [2.05, 4.69) is 30.6 Å². The second-order valence-corrected chi connectivity index (χ2v) is 6.90. The largest absolute Gasteiger partial charge is 0.463 e. The molecule has 1 aliphatic rings. The van der Waals surface area contributed by atoms with E-state index in [0.717, 1.165) is 38.1 Å². The first kappa shape index (κ1) is 18.0. The minimum Gasteiger partial charge on any atom is -0.463 e. The van der Waals surface area contributed by atoms with Crippen LogP contribution >= 0.6 is 0 Å². The molecule has 0 radical (unpaired) electrons. The van der Waals surface area contributed by atoms with Gasteiger partial charge in [0.25, 0.3) is 0 Å². The SMILES string of the molecule is Cc1nn(CC(C)C)c(C)c1CCC(=O)OCC1CCCCO1. The van der Waals surface area contributed by atoms with Crippen LogP contribution in [0.25, 0.3) is 0 Å². The van der Waals surface area contributed by atoms with Gasteiger partial charge in [0.2, 0.25) is 0 Å². The second-order valence-electron chi connectivity index (χ2n) is 6.90. The van der Waals surface area contributed by atoms with E-state index in [4.69, 9.17) is 9.47 Å². The van der Waals surface area contributed by atoms with E-state index in [1.54, 1.807) is 0 Å². The summed E-state index contributed by atoms with van der Waals surface area (Å²) in [6.45, 7) is 10.6. The third-order valence-electron chi connectivity index (χ3n) is 4.35. The van der Waals surface area contributed by atoms with Crippen LogP contribution in [0.3, 0.4) is 0 Å². The lowest BCUT2D eigenvalue weighted by Crippen LogP contribution is -2.26. The zero-order valence-electron chi connectivity index (χ0n) is 14.9. The van der Waals surface area contributed by atoms with Gasteiger partial charge in [-0.2, -0.15) is 5.10 Å². The fourth-order valence-electron chi connectivity index (χ4n) is 3.04. The summed E-state index contributed by atoms with van der Waals surface area (Å²) in [5, 5.41) is 4.59. The van der Waals surface area contributed by atoms with Gasteiger partial charge in [-0.25, -0.2) is 0 Å². The standard InChI is InChI=1S/C18H30N2O3/c1-13(2)11-20-15(4)17(14(3)19-20)8-9-18(21)23-12-16-7-5-6-10-22-16/h13,16H,5-12H2,1-4H3. The molecule has 1 aromatic heterocycles. The van der Waals surface area contributed by atoms with Gasteiger partial charge in [0, 0.05) is 25.3 Å². The third kappa shape index (κ3) is 5.34. The molecule has 0 spiro atoms. The molecule has 0 bridgehead atoms. The van der Waals surface area contributed by atoms with Crippen molar-refractivity contribution in [1.82, 2.24) is 9.78 Å². The molecule has 1 aliphatic heterocycles. The van der Waals surface area contributed by atoms with Crippen LogP contribution in [0.4, 0.5) is 0 Å². The summed E-state index contributed by atoms with van der Waals surface area (Å²) in [5.41, 5.74) is 3.36. The van der Waals surface area contributed by atoms with E-state index in [1.165, 1.54) is 11.3 Å². The number of carbonyl (C=O) groups excluding carboxylic acids is 1. The van der Waals surface area contributed by atoms with Crippen LogP contribution < -0.4 is 0 Å². The molecule has 1 fully saturated rings. The van der Waals surface area contributed by atoms with E-state index in [0.29, 0.717) is 25.4 Å². The Hall–Kier alpha value is -1.36. The zero-order valence-corrected chi connectivity index (χ0v) is 14.9. The Morgan fingerprint density at radius 2 is 2.17 bits per heavy atom. The van der Waals surface area contributed by atoms with Crippen molar-refractivity contribution in [2.24, 2.45) is 5.92 Å². The Bertz CT molecular complexity index is 517. The highest BCUT2D eigenvalue weighted by atomic mass is 16.6. The molecule has 1 saturated heterocycles. The van der Waals surface area contributed by atoms with E-state index >= 15 is 0 Å². The second kappa shape index (κ2) is 8.48. The summed E-state index contributed by atoms with van der Waals surface area (Å²) in [4.78, 5) is 12.0. The normalized spacial score (nSPS) is 18.4. The lowest BCUT2D eigenvalue weighted by molar-refractivity contribution is -0.149. The lowest BCUT2D eigenvalue weighted by Gasteiger charge is -2.22. The summed E-state index contributed by atoms with van der Waals surface area (Å²) in [6, 6.07) is 0. The molecule has 5 heteroatoms. The lowest BCUT2D eigenvalue weighted by atomic mass is 10.1. The third-order valence-corrected chi connectivity index (χ3v) is 4.35. The highest BCUT2D eigenvalue weighted by molar-refractivity contribution is 5.69. The molecule has 23 heavy (non-hydrogen) atoms. The first-order valence-electron chi connectivity index (χ1n) is 8.77. The van der Waals surface area contributed by atoms with Crippen molar-refractivity contribution in [3.63, 3.8) is 0 Å². The summed E-state index contributed by atoms with van der Waals surface area (Å²) >= 11 is 0. The molecule has 0 aromatic carbocycles. The number of rotatable bonds is 7. The number of ether oxygens (including phenoxy) is 2. The number of esters is 1. The van der Waals surface area contributed by atoms with E-state index in [9.17, 15) is 4.79 Å². The summed E-state index contributed by atoms with van der Waals surface area (Å²) in [5.74, 6) is 0.413. The maximum absolute atomic E-state index is 12.0. The van der Waals surface area contributed by atoms with Crippen molar-refractivity contribution in [2.45, 2.75) is 72.4 Å². The molecule has 0 amide bonds. The first-order valence-corrected chi connectivity index (χ1v) is 8.77. The topological polar surface area (TPSA) is 53.4 Å². The van der Waals surface area contributed by atoms with Gasteiger partial charge in [0.05, 0.1) is 11.8 Å². The van der Waals surface area contributed by atoms with Crippen molar-refractivity contribution in [1.29, 1.82) is 0 Å². The summed E-state index contributed by atoms with van der Waals surface area (Å²) in [7, 11) is 0. The molecular weight excluding hydrogens is 292 g/mol. The van der Waals surface area contributed by atoms with E-state index in [1.807, 2.05) is 6.92 Å². The van der Waals surface area contributed by atoms with Crippen molar-refractivity contribution < 1.29 is 14.3 Å². The van der Waals surface area contributed by atoms with Crippen LogP contribution in [0.1, 0.15) is 56.5 Å². The van der Waals surface area contributed by atoms with Crippen LogP contribution in [-0.4, -0.2) is 35.1 Å². The van der Waals surface area contributed by atoms with Crippen molar-refractivity contribution in [3.8, 4) is 0 Å². The Morgan fingerprint density at radius 3 is 2.83 bits per heavy atom. The molecule has 0 saturated carbocycles. The Kier molecular flexibility index (Phi) is 6.63. The number of carbonyl (C=O) groups is 1. The summed E-state index contributed by atoms with van der Waals surface area (Å²) < 4.78 is 13.0. The van der Waals surface area contributed by atoms with Crippen LogP contribution in [0, 0.1) is 19.8 Å². The molecule has 1 unspecified atom stereocenters. The Balaban J connectivity index is 1.80. The Morgan fingerprint density at radius 1 is 1.39 bits per heavy atom. The van der Waals surface area contributed by atoms with Gasteiger partial charge in [-0.15, -0.1) is 0 Å². The quantitative estimate of drug-likeness (QED) is 0.723. The van der Waals surface area contributed by atoms with Gasteiger partial charge in [-0.1, -0.05) is 13.8 Å². The molecule has 2 rings (SSSR count). The van der Waals surface area contributed by atoms with E-state index in [-0.39, 0.29) is 12.1 Å². The van der Waals surface area contributed by atoms with Crippen LogP contribution in [0.5, 0.6) is 0 Å². The molecule has 2 heterocycles. The minimum absolute atomic E-state index is 0.0879. The smallest absolute Gasteiger partial charge is 0.306 e. The maximum Gasteiger partial charge on any atom is 0.306 e. The van der Waals surface area contributed by atoms with Crippen molar-refractivity contribution >= 4 is 5.97 Å². The molecule has 130 valence electrons. The van der Waals surface area contributed by atoms with Gasteiger partial charge >= 0.3 is 5.97 Å². The molecule has 0 N–H and O–H groups in total. The number of hydrogen-bond donors (Lipinski definition) is 0. The number of aryl methyl sites for hydroxylation is 1.